The van der Waals surface area contributed by atoms with Gasteiger partial charge in [0.2, 0.25) is 0 Å². The molecule has 0 spiro atoms. The molecule has 0 radical (unpaired) electrons. The molecular weight excluding hydrogens is 268 g/mol. The number of hydrogen-bond acceptors (Lipinski definition) is 4. The molecule has 1 amide bonds. The highest BCUT2D eigenvalue weighted by Gasteiger charge is 2.21. The van der Waals surface area contributed by atoms with E-state index in [0.717, 1.165) is 6.29 Å². The molecule has 1 rings (SSSR count). The number of nitrogens with one attached hydrogen (secondary N) is 1. The van der Waals surface area contributed by atoms with E-state index in [9.17, 15) is 9.59 Å². The van der Waals surface area contributed by atoms with Gasteiger partial charge in [-0.25, -0.2) is 4.79 Å². The van der Waals surface area contributed by atoms with E-state index in [2.05, 4.69) is 10.3 Å². The van der Waals surface area contributed by atoms with Crippen molar-refractivity contribution in [2.24, 2.45) is 0 Å². The maximum absolute atomic E-state index is 11.7. The molecule has 0 aromatic carbocycles. The smallest absolute Gasteiger partial charge is 0.408 e. The quantitative estimate of drug-likeness (QED) is 0.863. The van der Waals surface area contributed by atoms with E-state index in [1.54, 1.807) is 32.9 Å². The van der Waals surface area contributed by atoms with Crippen molar-refractivity contribution in [1.82, 2.24) is 10.3 Å². The molecule has 1 heterocycles. The van der Waals surface area contributed by atoms with E-state index in [-0.39, 0.29) is 6.42 Å². The van der Waals surface area contributed by atoms with Crippen molar-refractivity contribution in [3.63, 3.8) is 0 Å². The number of rotatable bonds is 4. The SMILES string of the molecule is CC(C)(C)OC(=O)N[C@H](CC=O)c1ccc(Cl)cn1. The fourth-order valence-corrected chi connectivity index (χ4v) is 1.50. The van der Waals surface area contributed by atoms with Crippen molar-refractivity contribution in [3.8, 4) is 0 Å². The Kier molecular flexibility index (Phi) is 5.30. The Morgan fingerprint density at radius 3 is 2.68 bits per heavy atom. The molecule has 0 aliphatic rings. The van der Waals surface area contributed by atoms with Gasteiger partial charge in [-0.3, -0.25) is 4.98 Å². The van der Waals surface area contributed by atoms with Gasteiger partial charge in [-0.05, 0) is 32.9 Å². The van der Waals surface area contributed by atoms with E-state index in [1.165, 1.54) is 6.20 Å². The number of carbonyl (C=O) groups is 2. The van der Waals surface area contributed by atoms with E-state index < -0.39 is 17.7 Å². The molecular formula is C13H17ClN2O3. The molecule has 5 nitrogen and oxygen atoms in total. The molecule has 1 aromatic rings. The Morgan fingerprint density at radius 2 is 2.21 bits per heavy atom. The monoisotopic (exact) mass is 284 g/mol. The van der Waals surface area contributed by atoms with Gasteiger partial charge in [0.05, 0.1) is 16.8 Å². The van der Waals surface area contributed by atoms with Crippen LogP contribution in [-0.2, 0) is 9.53 Å². The highest BCUT2D eigenvalue weighted by molar-refractivity contribution is 6.30. The zero-order chi connectivity index (χ0) is 14.5. The Balaban J connectivity index is 2.75. The summed E-state index contributed by atoms with van der Waals surface area (Å²) in [6, 6.07) is 2.79. The molecule has 0 unspecified atom stereocenters. The van der Waals surface area contributed by atoms with Crippen molar-refractivity contribution in [2.45, 2.75) is 38.8 Å². The van der Waals surface area contributed by atoms with Crippen molar-refractivity contribution < 1.29 is 14.3 Å². The van der Waals surface area contributed by atoms with Crippen LogP contribution in [0.15, 0.2) is 18.3 Å². The first-order valence-corrected chi connectivity index (χ1v) is 6.24. The first-order valence-electron chi connectivity index (χ1n) is 5.86. The number of aldehydes is 1. The van der Waals surface area contributed by atoms with Crippen LogP contribution in [0.5, 0.6) is 0 Å². The number of halogens is 1. The second kappa shape index (κ2) is 6.52. The predicted octanol–water partition coefficient (Wildman–Crippen LogP) is 2.89. The lowest BCUT2D eigenvalue weighted by Gasteiger charge is -2.22. The average Bonchev–Trinajstić information content (AvgIpc) is 2.27. The first kappa shape index (κ1) is 15.4. The van der Waals surface area contributed by atoms with Crippen molar-refractivity contribution in [2.75, 3.05) is 0 Å². The standard InChI is InChI=1S/C13H17ClN2O3/c1-13(2,3)19-12(18)16-11(6-7-17)10-5-4-9(14)8-15-10/h4-5,7-8,11H,6H2,1-3H3,(H,16,18)/t11-/m1/s1. The average molecular weight is 285 g/mol. The summed E-state index contributed by atoms with van der Waals surface area (Å²) in [7, 11) is 0. The second-order valence-electron chi connectivity index (χ2n) is 5.00. The minimum atomic E-state index is -0.594. The van der Waals surface area contributed by atoms with Gasteiger partial charge in [-0.2, -0.15) is 0 Å². The summed E-state index contributed by atoms with van der Waals surface area (Å²) in [5.74, 6) is 0. The normalized spacial score (nSPS) is 12.6. The highest BCUT2D eigenvalue weighted by atomic mass is 35.5. The van der Waals surface area contributed by atoms with Crippen LogP contribution in [0.2, 0.25) is 5.02 Å². The largest absolute Gasteiger partial charge is 0.444 e. The molecule has 1 atom stereocenters. The maximum Gasteiger partial charge on any atom is 0.408 e. The topological polar surface area (TPSA) is 68.3 Å². The lowest BCUT2D eigenvalue weighted by Crippen LogP contribution is -2.35. The summed E-state index contributed by atoms with van der Waals surface area (Å²) in [5, 5.41) is 3.10. The Morgan fingerprint density at radius 1 is 1.53 bits per heavy atom. The van der Waals surface area contributed by atoms with Crippen LogP contribution < -0.4 is 5.32 Å². The van der Waals surface area contributed by atoms with Crippen LogP contribution in [0.1, 0.15) is 38.9 Å². The summed E-state index contributed by atoms with van der Waals surface area (Å²) in [4.78, 5) is 26.4. The van der Waals surface area contributed by atoms with Crippen molar-refractivity contribution >= 4 is 24.0 Å². The zero-order valence-electron chi connectivity index (χ0n) is 11.1. The number of nitrogens with zero attached hydrogens (tertiary/aromatic N) is 1. The van der Waals surface area contributed by atoms with Crippen LogP contribution in [0.25, 0.3) is 0 Å². The second-order valence-corrected chi connectivity index (χ2v) is 5.44. The van der Waals surface area contributed by atoms with Gasteiger partial charge in [-0.1, -0.05) is 11.6 Å². The molecule has 0 aliphatic carbocycles. The van der Waals surface area contributed by atoms with Gasteiger partial charge in [-0.15, -0.1) is 0 Å². The summed E-state index contributed by atoms with van der Waals surface area (Å²) in [6.07, 6.45) is 1.72. The van der Waals surface area contributed by atoms with Gasteiger partial charge in [0.15, 0.2) is 0 Å². The summed E-state index contributed by atoms with van der Waals surface area (Å²) in [5.41, 5.74) is -0.0363. The number of aromatic nitrogens is 1. The Bertz CT molecular complexity index is 440. The minimum Gasteiger partial charge on any atom is -0.444 e. The third kappa shape index (κ3) is 5.70. The summed E-state index contributed by atoms with van der Waals surface area (Å²) in [6.45, 7) is 5.30. The molecule has 104 valence electrons. The lowest BCUT2D eigenvalue weighted by molar-refractivity contribution is -0.108. The summed E-state index contributed by atoms with van der Waals surface area (Å²) >= 11 is 5.74. The first-order chi connectivity index (χ1) is 8.81. The molecule has 0 aliphatic heterocycles. The number of ether oxygens (including phenoxy) is 1. The molecule has 0 saturated carbocycles. The number of hydrogen-bond donors (Lipinski definition) is 1. The van der Waals surface area contributed by atoms with Crippen molar-refractivity contribution in [1.29, 1.82) is 0 Å². The lowest BCUT2D eigenvalue weighted by atomic mass is 10.1. The van der Waals surface area contributed by atoms with Gasteiger partial charge in [0.25, 0.3) is 0 Å². The molecule has 0 bridgehead atoms. The fraction of sp³-hybridized carbons (Fsp3) is 0.462. The number of alkyl carbamates (subject to hydrolysis) is 1. The van der Waals surface area contributed by atoms with Crippen LogP contribution in [0.4, 0.5) is 4.79 Å². The number of amides is 1. The van der Waals surface area contributed by atoms with Crippen LogP contribution >= 0.6 is 11.6 Å². The van der Waals surface area contributed by atoms with E-state index in [1.807, 2.05) is 0 Å². The predicted molar refractivity (Wildman–Crippen MR) is 72.0 cm³/mol. The molecule has 19 heavy (non-hydrogen) atoms. The van der Waals surface area contributed by atoms with E-state index in [4.69, 9.17) is 16.3 Å². The zero-order valence-corrected chi connectivity index (χ0v) is 11.9. The van der Waals surface area contributed by atoms with E-state index >= 15 is 0 Å². The van der Waals surface area contributed by atoms with Crippen molar-refractivity contribution in [3.05, 3.63) is 29.0 Å². The third-order valence-electron chi connectivity index (χ3n) is 2.13. The Hall–Kier alpha value is -1.62. The minimum absolute atomic E-state index is 0.119. The fourth-order valence-electron chi connectivity index (χ4n) is 1.39. The van der Waals surface area contributed by atoms with Crippen LogP contribution in [-0.4, -0.2) is 23.0 Å². The molecule has 0 fully saturated rings. The van der Waals surface area contributed by atoms with E-state index in [0.29, 0.717) is 10.7 Å². The van der Waals surface area contributed by atoms with Crippen LogP contribution in [0.3, 0.4) is 0 Å². The van der Waals surface area contributed by atoms with Gasteiger partial charge in [0, 0.05) is 12.6 Å². The molecule has 0 saturated heterocycles. The third-order valence-corrected chi connectivity index (χ3v) is 2.35. The Labute approximate surface area is 117 Å². The molecule has 1 N–H and O–H groups in total. The molecule has 1 aromatic heterocycles. The van der Waals surface area contributed by atoms with Gasteiger partial charge < -0.3 is 14.8 Å². The maximum atomic E-state index is 11.7. The number of pyridine rings is 1. The highest BCUT2D eigenvalue weighted by Crippen LogP contribution is 2.17. The number of carbonyl (C=O) groups excluding carboxylic acids is 2. The van der Waals surface area contributed by atoms with Gasteiger partial charge >= 0.3 is 6.09 Å². The van der Waals surface area contributed by atoms with Gasteiger partial charge in [0.1, 0.15) is 11.9 Å². The van der Waals surface area contributed by atoms with Crippen LogP contribution in [0, 0.1) is 0 Å². The summed E-state index contributed by atoms with van der Waals surface area (Å²) < 4.78 is 5.14. The molecule has 6 heteroatoms.